The van der Waals surface area contributed by atoms with Crippen LogP contribution in [0.1, 0.15) is 33.1 Å². The summed E-state index contributed by atoms with van der Waals surface area (Å²) in [5, 5.41) is 7.35. The van der Waals surface area contributed by atoms with E-state index in [1.807, 2.05) is 0 Å². The molecular weight excluding hydrogens is 220 g/mol. The summed E-state index contributed by atoms with van der Waals surface area (Å²) in [7, 11) is 1.70. The summed E-state index contributed by atoms with van der Waals surface area (Å²) < 4.78 is 4.97. The molecule has 0 bridgehead atoms. The quantitative estimate of drug-likeness (QED) is 0.585. The van der Waals surface area contributed by atoms with Crippen LogP contribution < -0.4 is 10.6 Å². The van der Waals surface area contributed by atoms with Gasteiger partial charge in [0.15, 0.2) is 5.11 Å². The van der Waals surface area contributed by atoms with Gasteiger partial charge < -0.3 is 15.4 Å². The Morgan fingerprint density at radius 2 is 2.12 bits per heavy atom. The van der Waals surface area contributed by atoms with Crippen molar-refractivity contribution in [1.82, 2.24) is 10.6 Å². The van der Waals surface area contributed by atoms with Crippen LogP contribution in [0.5, 0.6) is 0 Å². The maximum atomic E-state index is 5.26. The van der Waals surface area contributed by atoms with Crippen LogP contribution in [0.4, 0.5) is 0 Å². The van der Waals surface area contributed by atoms with Crippen LogP contribution in [0, 0.1) is 11.8 Å². The molecule has 1 aliphatic carbocycles. The van der Waals surface area contributed by atoms with E-state index in [-0.39, 0.29) is 0 Å². The first-order valence-corrected chi connectivity index (χ1v) is 6.59. The summed E-state index contributed by atoms with van der Waals surface area (Å²) in [5.74, 6) is 1.50. The van der Waals surface area contributed by atoms with Crippen molar-refractivity contribution in [3.8, 4) is 0 Å². The molecule has 0 aromatic carbocycles. The number of ether oxygens (including phenoxy) is 1. The molecule has 0 saturated heterocycles. The Kier molecular flexibility index (Phi) is 6.06. The van der Waals surface area contributed by atoms with Gasteiger partial charge in [0.25, 0.3) is 0 Å². The molecular formula is C12H24N2OS. The molecule has 0 radical (unpaired) electrons. The Morgan fingerprint density at radius 1 is 1.38 bits per heavy atom. The van der Waals surface area contributed by atoms with Crippen molar-refractivity contribution in [3.63, 3.8) is 0 Å². The molecule has 0 heterocycles. The predicted molar refractivity (Wildman–Crippen MR) is 71.6 cm³/mol. The van der Waals surface area contributed by atoms with Gasteiger partial charge in [0.1, 0.15) is 0 Å². The fourth-order valence-corrected chi connectivity index (χ4v) is 2.53. The highest BCUT2D eigenvalue weighted by Gasteiger charge is 2.27. The zero-order valence-electron chi connectivity index (χ0n) is 10.6. The zero-order valence-corrected chi connectivity index (χ0v) is 11.4. The molecule has 1 saturated carbocycles. The van der Waals surface area contributed by atoms with Crippen LogP contribution in [0.25, 0.3) is 0 Å². The lowest BCUT2D eigenvalue weighted by molar-refractivity contribution is 0.202. The van der Waals surface area contributed by atoms with Crippen molar-refractivity contribution < 1.29 is 4.74 Å². The summed E-state index contributed by atoms with van der Waals surface area (Å²) in [6.07, 6.45) is 3.89. The predicted octanol–water partition coefficient (Wildman–Crippen LogP) is 1.92. The number of methoxy groups -OCH3 is 1. The molecule has 1 rings (SSSR count). The van der Waals surface area contributed by atoms with Gasteiger partial charge in [-0.3, -0.25) is 0 Å². The fourth-order valence-electron chi connectivity index (χ4n) is 2.27. The standard InChI is InChI=1S/C12H24N2OS/c1-9-5-4-6-11(10(9)2)14-12(16)13-7-8-15-3/h9-11H,4-8H2,1-3H3,(H2,13,14,16)/t9-,10+,11+/m0/s1. The third-order valence-corrected chi connectivity index (χ3v) is 3.88. The van der Waals surface area contributed by atoms with E-state index < -0.39 is 0 Å². The first kappa shape index (κ1) is 13.7. The summed E-state index contributed by atoms with van der Waals surface area (Å²) in [6, 6.07) is 0.534. The minimum absolute atomic E-state index is 0.534. The van der Waals surface area contributed by atoms with Crippen molar-refractivity contribution in [1.29, 1.82) is 0 Å². The molecule has 0 spiro atoms. The number of hydrogen-bond acceptors (Lipinski definition) is 2. The zero-order chi connectivity index (χ0) is 12.0. The van der Waals surface area contributed by atoms with E-state index in [2.05, 4.69) is 24.5 Å². The van der Waals surface area contributed by atoms with Gasteiger partial charge in [0.2, 0.25) is 0 Å². The maximum absolute atomic E-state index is 5.26. The number of rotatable bonds is 4. The lowest BCUT2D eigenvalue weighted by Gasteiger charge is -2.35. The Bertz CT molecular complexity index is 223. The van der Waals surface area contributed by atoms with Gasteiger partial charge in [0.05, 0.1) is 6.61 Å². The van der Waals surface area contributed by atoms with Gasteiger partial charge in [-0.1, -0.05) is 26.7 Å². The van der Waals surface area contributed by atoms with Crippen LogP contribution in [-0.4, -0.2) is 31.4 Å². The van der Waals surface area contributed by atoms with Crippen LogP contribution in [0.2, 0.25) is 0 Å². The Balaban J connectivity index is 2.26. The van der Waals surface area contributed by atoms with Crippen molar-refractivity contribution in [2.45, 2.75) is 39.2 Å². The second-order valence-electron chi connectivity index (χ2n) is 4.77. The van der Waals surface area contributed by atoms with Gasteiger partial charge in [-0.2, -0.15) is 0 Å². The molecule has 94 valence electrons. The molecule has 3 atom stereocenters. The normalized spacial score (nSPS) is 29.8. The Morgan fingerprint density at radius 3 is 2.81 bits per heavy atom. The molecule has 2 N–H and O–H groups in total. The molecule has 16 heavy (non-hydrogen) atoms. The van der Waals surface area contributed by atoms with E-state index >= 15 is 0 Å². The van der Waals surface area contributed by atoms with E-state index in [9.17, 15) is 0 Å². The molecule has 0 aliphatic heterocycles. The van der Waals surface area contributed by atoms with Gasteiger partial charge >= 0.3 is 0 Å². The average molecular weight is 244 g/mol. The topological polar surface area (TPSA) is 33.3 Å². The summed E-state index contributed by atoms with van der Waals surface area (Å²) in [5.41, 5.74) is 0. The molecule has 0 aromatic rings. The van der Waals surface area contributed by atoms with E-state index in [1.54, 1.807) is 7.11 Å². The highest BCUT2D eigenvalue weighted by atomic mass is 32.1. The number of nitrogens with one attached hydrogen (secondary N) is 2. The van der Waals surface area contributed by atoms with Crippen LogP contribution in [0.3, 0.4) is 0 Å². The van der Waals surface area contributed by atoms with Crippen LogP contribution in [0.15, 0.2) is 0 Å². The molecule has 0 amide bonds. The lowest BCUT2D eigenvalue weighted by Crippen LogP contribution is -2.48. The van der Waals surface area contributed by atoms with Gasteiger partial charge in [-0.05, 0) is 30.5 Å². The van der Waals surface area contributed by atoms with Gasteiger partial charge in [0, 0.05) is 19.7 Å². The van der Waals surface area contributed by atoms with E-state index in [0.717, 1.165) is 17.6 Å². The maximum Gasteiger partial charge on any atom is 0.166 e. The SMILES string of the molecule is COCCNC(=S)N[C@@H]1CCC[C@H](C)[C@H]1C. The third-order valence-electron chi connectivity index (χ3n) is 3.62. The summed E-state index contributed by atoms with van der Waals surface area (Å²) in [4.78, 5) is 0. The summed E-state index contributed by atoms with van der Waals surface area (Å²) in [6.45, 7) is 6.12. The molecule has 1 fully saturated rings. The fraction of sp³-hybridized carbons (Fsp3) is 0.917. The Labute approximate surface area is 104 Å². The molecule has 0 aromatic heterocycles. The second-order valence-corrected chi connectivity index (χ2v) is 5.18. The molecule has 0 unspecified atom stereocenters. The third kappa shape index (κ3) is 4.26. The first-order valence-electron chi connectivity index (χ1n) is 6.18. The number of thiocarbonyl (C=S) groups is 1. The highest BCUT2D eigenvalue weighted by Crippen LogP contribution is 2.29. The largest absolute Gasteiger partial charge is 0.383 e. The van der Waals surface area contributed by atoms with Gasteiger partial charge in [-0.15, -0.1) is 0 Å². The van der Waals surface area contributed by atoms with Crippen molar-refractivity contribution in [2.24, 2.45) is 11.8 Å². The van der Waals surface area contributed by atoms with Crippen molar-refractivity contribution in [3.05, 3.63) is 0 Å². The van der Waals surface area contributed by atoms with Gasteiger partial charge in [-0.25, -0.2) is 0 Å². The molecule has 4 heteroatoms. The van der Waals surface area contributed by atoms with E-state index in [4.69, 9.17) is 17.0 Å². The first-order chi connectivity index (χ1) is 7.65. The Hall–Kier alpha value is -0.350. The summed E-state index contributed by atoms with van der Waals surface area (Å²) >= 11 is 5.26. The van der Waals surface area contributed by atoms with Crippen LogP contribution >= 0.6 is 12.2 Å². The highest BCUT2D eigenvalue weighted by molar-refractivity contribution is 7.80. The smallest absolute Gasteiger partial charge is 0.166 e. The van der Waals surface area contributed by atoms with E-state index in [1.165, 1.54) is 19.3 Å². The minimum atomic E-state index is 0.534. The molecule has 3 nitrogen and oxygen atoms in total. The minimum Gasteiger partial charge on any atom is -0.383 e. The van der Waals surface area contributed by atoms with E-state index in [0.29, 0.717) is 18.6 Å². The average Bonchev–Trinajstić information content (AvgIpc) is 2.25. The monoisotopic (exact) mass is 244 g/mol. The lowest BCUT2D eigenvalue weighted by atomic mass is 9.78. The number of hydrogen-bond donors (Lipinski definition) is 2. The molecule has 1 aliphatic rings. The van der Waals surface area contributed by atoms with Crippen LogP contribution in [-0.2, 0) is 4.74 Å². The van der Waals surface area contributed by atoms with Crippen molar-refractivity contribution in [2.75, 3.05) is 20.3 Å². The second kappa shape index (κ2) is 7.07. The van der Waals surface area contributed by atoms with Crippen molar-refractivity contribution >= 4 is 17.3 Å².